The number of aryl methyl sites for hydroxylation is 1. The number of hydrogen-bond donors (Lipinski definition) is 0. The fourth-order valence-electron chi connectivity index (χ4n) is 2.54. The van der Waals surface area contributed by atoms with Crippen LogP contribution in [0.15, 0.2) is 36.7 Å². The zero-order valence-corrected chi connectivity index (χ0v) is 10.6. The summed E-state index contributed by atoms with van der Waals surface area (Å²) in [4.78, 5) is 33.1. The smallest absolute Gasteiger partial charge is 0.252 e. The molecule has 5 heteroatoms. The first-order valence-electron chi connectivity index (χ1n) is 6.20. The fourth-order valence-corrected chi connectivity index (χ4v) is 2.54. The SMILES string of the molecule is Cc1ccn2c3c(nc2c1)-c1ncccc1C(=O)C3=O. The first kappa shape index (κ1) is 11.0. The Morgan fingerprint density at radius 1 is 1.10 bits per heavy atom. The largest absolute Gasteiger partial charge is 0.296 e. The number of pyridine rings is 2. The zero-order chi connectivity index (χ0) is 13.9. The van der Waals surface area contributed by atoms with Gasteiger partial charge in [0.05, 0.1) is 5.56 Å². The number of fused-ring (bicyclic) bond motifs is 5. The van der Waals surface area contributed by atoms with E-state index < -0.39 is 11.6 Å². The van der Waals surface area contributed by atoms with Crippen molar-refractivity contribution in [1.82, 2.24) is 14.4 Å². The highest BCUT2D eigenvalue weighted by molar-refractivity contribution is 6.52. The van der Waals surface area contributed by atoms with E-state index in [1.807, 2.05) is 19.1 Å². The minimum atomic E-state index is -0.531. The highest BCUT2D eigenvalue weighted by atomic mass is 16.2. The van der Waals surface area contributed by atoms with Gasteiger partial charge in [0.15, 0.2) is 0 Å². The molecule has 4 rings (SSSR count). The molecule has 0 aromatic carbocycles. The van der Waals surface area contributed by atoms with Crippen molar-refractivity contribution < 1.29 is 9.59 Å². The molecule has 0 bridgehead atoms. The molecule has 0 aliphatic heterocycles. The van der Waals surface area contributed by atoms with Gasteiger partial charge in [-0.3, -0.25) is 19.0 Å². The highest BCUT2D eigenvalue weighted by Crippen LogP contribution is 2.31. The summed E-state index contributed by atoms with van der Waals surface area (Å²) in [5.41, 5.74) is 3.28. The van der Waals surface area contributed by atoms with Crippen molar-refractivity contribution in [1.29, 1.82) is 0 Å². The van der Waals surface area contributed by atoms with Gasteiger partial charge in [0, 0.05) is 12.4 Å². The number of nitrogens with zero attached hydrogens (tertiary/aromatic N) is 3. The molecule has 3 aromatic rings. The quantitative estimate of drug-likeness (QED) is 0.582. The molecule has 96 valence electrons. The van der Waals surface area contributed by atoms with E-state index in [0.29, 0.717) is 28.3 Å². The van der Waals surface area contributed by atoms with Crippen LogP contribution in [-0.2, 0) is 0 Å². The predicted octanol–water partition coefficient (Wildman–Crippen LogP) is 2.08. The van der Waals surface area contributed by atoms with Crippen LogP contribution in [-0.4, -0.2) is 25.9 Å². The van der Waals surface area contributed by atoms with Crippen molar-refractivity contribution in [2.75, 3.05) is 0 Å². The molecule has 1 aliphatic carbocycles. The monoisotopic (exact) mass is 263 g/mol. The van der Waals surface area contributed by atoms with Crippen LogP contribution in [0.4, 0.5) is 0 Å². The number of carbonyl (C=O) groups is 2. The standard InChI is InChI=1S/C15H9N3O2/c1-8-4-6-18-10(7-8)17-12-11-9(3-2-5-16-11)14(19)15(20)13(12)18/h2-7H,1H3. The van der Waals surface area contributed by atoms with Gasteiger partial charge in [-0.05, 0) is 36.8 Å². The van der Waals surface area contributed by atoms with Gasteiger partial charge >= 0.3 is 0 Å². The van der Waals surface area contributed by atoms with E-state index >= 15 is 0 Å². The van der Waals surface area contributed by atoms with Gasteiger partial charge in [-0.1, -0.05) is 0 Å². The predicted molar refractivity (Wildman–Crippen MR) is 71.8 cm³/mol. The second-order valence-corrected chi connectivity index (χ2v) is 4.80. The van der Waals surface area contributed by atoms with Gasteiger partial charge in [0.2, 0.25) is 5.78 Å². The maximum atomic E-state index is 12.3. The van der Waals surface area contributed by atoms with Crippen LogP contribution in [0.25, 0.3) is 17.0 Å². The van der Waals surface area contributed by atoms with Crippen molar-refractivity contribution in [3.05, 3.63) is 53.5 Å². The average molecular weight is 263 g/mol. The zero-order valence-electron chi connectivity index (χ0n) is 10.6. The summed E-state index contributed by atoms with van der Waals surface area (Å²) in [5.74, 6) is -1.06. The maximum absolute atomic E-state index is 12.3. The Bertz CT molecular complexity index is 909. The molecular formula is C15H9N3O2. The van der Waals surface area contributed by atoms with Crippen LogP contribution in [0.1, 0.15) is 26.4 Å². The molecule has 0 saturated heterocycles. The molecule has 0 fully saturated rings. The first-order valence-corrected chi connectivity index (χ1v) is 6.20. The molecule has 0 amide bonds. The maximum Gasteiger partial charge on any atom is 0.252 e. The van der Waals surface area contributed by atoms with Crippen LogP contribution in [0, 0.1) is 6.92 Å². The normalized spacial score (nSPS) is 13.4. The Labute approximate surface area is 113 Å². The lowest BCUT2D eigenvalue weighted by molar-refractivity contribution is 0.0811. The van der Waals surface area contributed by atoms with E-state index in [-0.39, 0.29) is 0 Å². The Morgan fingerprint density at radius 2 is 1.95 bits per heavy atom. The van der Waals surface area contributed by atoms with Crippen LogP contribution >= 0.6 is 0 Å². The Kier molecular flexibility index (Phi) is 1.99. The summed E-state index contributed by atoms with van der Waals surface area (Å²) in [6.45, 7) is 1.95. The molecule has 0 saturated carbocycles. The van der Waals surface area contributed by atoms with Crippen LogP contribution in [0.2, 0.25) is 0 Å². The van der Waals surface area contributed by atoms with Crippen molar-refractivity contribution >= 4 is 17.2 Å². The first-order chi connectivity index (χ1) is 9.66. The van der Waals surface area contributed by atoms with E-state index in [2.05, 4.69) is 9.97 Å². The number of imidazole rings is 1. The lowest BCUT2D eigenvalue weighted by Gasteiger charge is -2.12. The Morgan fingerprint density at radius 3 is 2.80 bits per heavy atom. The van der Waals surface area contributed by atoms with E-state index in [9.17, 15) is 9.59 Å². The fraction of sp³-hybridized carbons (Fsp3) is 0.0667. The average Bonchev–Trinajstić information content (AvgIpc) is 2.83. The van der Waals surface area contributed by atoms with Gasteiger partial charge < -0.3 is 0 Å². The number of hydrogen-bond acceptors (Lipinski definition) is 4. The van der Waals surface area contributed by atoms with Gasteiger partial charge in [-0.15, -0.1) is 0 Å². The lowest BCUT2D eigenvalue weighted by Crippen LogP contribution is -2.23. The summed E-state index contributed by atoms with van der Waals surface area (Å²) in [6.07, 6.45) is 3.36. The van der Waals surface area contributed by atoms with Crippen molar-refractivity contribution in [2.45, 2.75) is 6.92 Å². The minimum absolute atomic E-state index is 0.302. The minimum Gasteiger partial charge on any atom is -0.296 e. The second kappa shape index (κ2) is 3.60. The molecule has 0 unspecified atom stereocenters. The number of Topliss-reactive ketones (excluding diaryl/α,β-unsaturated/α-hetero) is 2. The second-order valence-electron chi connectivity index (χ2n) is 4.80. The van der Waals surface area contributed by atoms with E-state index in [4.69, 9.17) is 0 Å². The molecule has 0 N–H and O–H groups in total. The van der Waals surface area contributed by atoms with Crippen LogP contribution in [0.5, 0.6) is 0 Å². The van der Waals surface area contributed by atoms with Crippen molar-refractivity contribution in [2.24, 2.45) is 0 Å². The molecule has 0 atom stereocenters. The lowest BCUT2D eigenvalue weighted by atomic mass is 9.94. The molecule has 3 aromatic heterocycles. The number of rotatable bonds is 0. The summed E-state index contributed by atoms with van der Waals surface area (Å²) in [6, 6.07) is 7.01. The topological polar surface area (TPSA) is 64.3 Å². The number of ketones is 2. The third-order valence-electron chi connectivity index (χ3n) is 3.48. The van der Waals surface area contributed by atoms with Gasteiger partial charge in [-0.2, -0.15) is 0 Å². The Balaban J connectivity index is 2.17. The molecule has 1 aliphatic rings. The van der Waals surface area contributed by atoms with Gasteiger partial charge in [0.25, 0.3) is 5.78 Å². The molecule has 5 nitrogen and oxygen atoms in total. The third-order valence-corrected chi connectivity index (χ3v) is 3.48. The highest BCUT2D eigenvalue weighted by Gasteiger charge is 2.35. The molecule has 0 radical (unpaired) electrons. The summed E-state index contributed by atoms with van der Waals surface area (Å²) < 4.78 is 1.65. The van der Waals surface area contributed by atoms with E-state index in [1.165, 1.54) is 0 Å². The van der Waals surface area contributed by atoms with E-state index in [1.54, 1.807) is 28.9 Å². The van der Waals surface area contributed by atoms with Gasteiger partial charge in [-0.25, -0.2) is 4.98 Å². The summed E-state index contributed by atoms with van der Waals surface area (Å²) in [7, 11) is 0. The van der Waals surface area contributed by atoms with Crippen LogP contribution in [0.3, 0.4) is 0 Å². The molecule has 3 heterocycles. The third kappa shape index (κ3) is 1.26. The number of aromatic nitrogens is 3. The van der Waals surface area contributed by atoms with Crippen LogP contribution < -0.4 is 0 Å². The number of carbonyl (C=O) groups excluding carboxylic acids is 2. The molecule has 0 spiro atoms. The van der Waals surface area contributed by atoms with Gasteiger partial charge in [0.1, 0.15) is 22.7 Å². The summed E-state index contributed by atoms with van der Waals surface area (Å²) >= 11 is 0. The Hall–Kier alpha value is -2.82. The van der Waals surface area contributed by atoms with Crippen molar-refractivity contribution in [3.63, 3.8) is 0 Å². The summed E-state index contributed by atoms with van der Waals surface area (Å²) in [5, 5.41) is 0. The van der Waals surface area contributed by atoms with E-state index in [0.717, 1.165) is 5.56 Å². The molecule has 20 heavy (non-hydrogen) atoms. The molecular weight excluding hydrogens is 254 g/mol. The van der Waals surface area contributed by atoms with Crippen molar-refractivity contribution in [3.8, 4) is 11.4 Å².